The van der Waals surface area contributed by atoms with Gasteiger partial charge in [0, 0.05) is 24.5 Å². The zero-order valence-electron chi connectivity index (χ0n) is 12.2. The van der Waals surface area contributed by atoms with E-state index in [1.807, 2.05) is 18.2 Å². The predicted octanol–water partition coefficient (Wildman–Crippen LogP) is 2.69. The van der Waals surface area contributed by atoms with Crippen molar-refractivity contribution in [3.8, 4) is 0 Å². The van der Waals surface area contributed by atoms with E-state index in [1.165, 1.54) is 19.3 Å². The van der Waals surface area contributed by atoms with Gasteiger partial charge in [0.05, 0.1) is 18.8 Å². The molecule has 1 saturated carbocycles. The van der Waals surface area contributed by atoms with E-state index in [2.05, 4.69) is 17.0 Å². The SMILES string of the molecule is NC(CN1CCOC2CCCC21)c1cc2ccccc2o1. The molecule has 1 aliphatic heterocycles. The first kappa shape index (κ1) is 13.3. The Morgan fingerprint density at radius 2 is 2.19 bits per heavy atom. The summed E-state index contributed by atoms with van der Waals surface area (Å²) >= 11 is 0. The summed E-state index contributed by atoms with van der Waals surface area (Å²) in [5, 5.41) is 1.13. The van der Waals surface area contributed by atoms with Crippen molar-refractivity contribution < 1.29 is 9.15 Å². The summed E-state index contributed by atoms with van der Waals surface area (Å²) < 4.78 is 11.8. The van der Waals surface area contributed by atoms with Gasteiger partial charge in [-0.1, -0.05) is 18.2 Å². The number of rotatable bonds is 3. The molecular formula is C17H22N2O2. The van der Waals surface area contributed by atoms with Crippen LogP contribution >= 0.6 is 0 Å². The van der Waals surface area contributed by atoms with Crippen LogP contribution in [0.2, 0.25) is 0 Å². The van der Waals surface area contributed by atoms with Crippen molar-refractivity contribution in [3.05, 3.63) is 36.1 Å². The van der Waals surface area contributed by atoms with Crippen molar-refractivity contribution in [1.29, 1.82) is 0 Å². The second kappa shape index (κ2) is 5.44. The van der Waals surface area contributed by atoms with Crippen LogP contribution in [0.25, 0.3) is 11.0 Å². The van der Waals surface area contributed by atoms with Gasteiger partial charge in [0.1, 0.15) is 11.3 Å². The molecule has 0 bridgehead atoms. The molecule has 0 spiro atoms. The molecule has 2 heterocycles. The predicted molar refractivity (Wildman–Crippen MR) is 82.1 cm³/mol. The molecule has 1 aliphatic carbocycles. The quantitative estimate of drug-likeness (QED) is 0.942. The highest BCUT2D eigenvalue weighted by Crippen LogP contribution is 2.31. The number of hydrogen-bond donors (Lipinski definition) is 1. The van der Waals surface area contributed by atoms with E-state index >= 15 is 0 Å². The Bertz CT molecular complexity index is 591. The van der Waals surface area contributed by atoms with Crippen molar-refractivity contribution in [2.45, 2.75) is 37.5 Å². The number of fused-ring (bicyclic) bond motifs is 2. The van der Waals surface area contributed by atoms with Gasteiger partial charge in [-0.15, -0.1) is 0 Å². The summed E-state index contributed by atoms with van der Waals surface area (Å²) in [5.74, 6) is 0.886. The van der Waals surface area contributed by atoms with Crippen LogP contribution in [0.15, 0.2) is 34.7 Å². The Balaban J connectivity index is 1.50. The van der Waals surface area contributed by atoms with Crippen LogP contribution < -0.4 is 5.73 Å². The zero-order chi connectivity index (χ0) is 14.2. The Morgan fingerprint density at radius 3 is 3.10 bits per heavy atom. The zero-order valence-corrected chi connectivity index (χ0v) is 12.2. The first-order valence-corrected chi connectivity index (χ1v) is 7.91. The van der Waals surface area contributed by atoms with Crippen molar-refractivity contribution in [2.24, 2.45) is 5.73 Å². The van der Waals surface area contributed by atoms with Crippen LogP contribution in [0, 0.1) is 0 Å². The van der Waals surface area contributed by atoms with Crippen LogP contribution in [0.1, 0.15) is 31.1 Å². The molecule has 112 valence electrons. The fourth-order valence-corrected chi connectivity index (χ4v) is 3.76. The highest BCUT2D eigenvalue weighted by Gasteiger charge is 2.36. The Hall–Kier alpha value is -1.36. The molecule has 1 aromatic heterocycles. The second-order valence-corrected chi connectivity index (χ2v) is 6.20. The molecule has 2 aliphatic rings. The topological polar surface area (TPSA) is 51.6 Å². The number of nitrogens with two attached hydrogens (primary N) is 1. The van der Waals surface area contributed by atoms with Crippen LogP contribution in [0.4, 0.5) is 0 Å². The fraction of sp³-hybridized carbons (Fsp3) is 0.529. The standard InChI is InChI=1S/C17H22N2O2/c18-13(17-10-12-4-1-2-6-15(12)21-17)11-19-8-9-20-16-7-3-5-14(16)19/h1-2,4,6,10,13-14,16H,3,5,7-9,11,18H2. The van der Waals surface area contributed by atoms with Gasteiger partial charge < -0.3 is 14.9 Å². The lowest BCUT2D eigenvalue weighted by Gasteiger charge is -2.38. The molecule has 2 N–H and O–H groups in total. The molecule has 4 nitrogen and oxygen atoms in total. The molecule has 21 heavy (non-hydrogen) atoms. The van der Waals surface area contributed by atoms with Gasteiger partial charge in [-0.05, 0) is 31.4 Å². The summed E-state index contributed by atoms with van der Waals surface area (Å²) in [6, 6.07) is 10.6. The lowest BCUT2D eigenvalue weighted by molar-refractivity contribution is -0.0576. The number of para-hydroxylation sites is 1. The number of furan rings is 1. The van der Waals surface area contributed by atoms with Gasteiger partial charge in [-0.25, -0.2) is 0 Å². The molecule has 4 rings (SSSR count). The smallest absolute Gasteiger partial charge is 0.134 e. The van der Waals surface area contributed by atoms with Crippen LogP contribution in [0.3, 0.4) is 0 Å². The van der Waals surface area contributed by atoms with Crippen molar-refractivity contribution in [3.63, 3.8) is 0 Å². The second-order valence-electron chi connectivity index (χ2n) is 6.20. The maximum absolute atomic E-state index is 6.40. The third-order valence-corrected chi connectivity index (χ3v) is 4.84. The van der Waals surface area contributed by atoms with Crippen LogP contribution in [-0.4, -0.2) is 36.7 Å². The third kappa shape index (κ3) is 2.48. The Kier molecular flexibility index (Phi) is 3.45. The number of nitrogens with zero attached hydrogens (tertiary/aromatic N) is 1. The number of ether oxygens (including phenoxy) is 1. The van der Waals surface area contributed by atoms with E-state index in [4.69, 9.17) is 14.9 Å². The van der Waals surface area contributed by atoms with Gasteiger partial charge >= 0.3 is 0 Å². The van der Waals surface area contributed by atoms with Crippen molar-refractivity contribution in [1.82, 2.24) is 4.90 Å². The summed E-state index contributed by atoms with van der Waals surface area (Å²) in [7, 11) is 0. The van der Waals surface area contributed by atoms with E-state index < -0.39 is 0 Å². The minimum Gasteiger partial charge on any atom is -0.459 e. The van der Waals surface area contributed by atoms with Gasteiger partial charge in [-0.3, -0.25) is 4.90 Å². The number of benzene rings is 1. The van der Waals surface area contributed by atoms with Gasteiger partial charge in [0.15, 0.2) is 0 Å². The van der Waals surface area contributed by atoms with Crippen molar-refractivity contribution >= 4 is 11.0 Å². The molecule has 3 atom stereocenters. The third-order valence-electron chi connectivity index (χ3n) is 4.84. The monoisotopic (exact) mass is 286 g/mol. The molecule has 1 aromatic carbocycles. The summed E-state index contributed by atoms with van der Waals surface area (Å²) in [6.45, 7) is 2.66. The molecule has 4 heteroatoms. The van der Waals surface area contributed by atoms with Gasteiger partial charge in [0.2, 0.25) is 0 Å². The number of morpholine rings is 1. The highest BCUT2D eigenvalue weighted by molar-refractivity contribution is 5.77. The first-order valence-electron chi connectivity index (χ1n) is 7.91. The molecule has 0 radical (unpaired) electrons. The van der Waals surface area contributed by atoms with Crippen molar-refractivity contribution in [2.75, 3.05) is 19.7 Å². The van der Waals surface area contributed by atoms with E-state index in [1.54, 1.807) is 0 Å². The molecule has 2 aromatic rings. The normalized spacial score (nSPS) is 27.9. The van der Waals surface area contributed by atoms with Crippen LogP contribution in [-0.2, 0) is 4.74 Å². The lowest BCUT2D eigenvalue weighted by atomic mass is 10.1. The van der Waals surface area contributed by atoms with Crippen LogP contribution in [0.5, 0.6) is 0 Å². The summed E-state index contributed by atoms with van der Waals surface area (Å²) in [5.41, 5.74) is 7.32. The van der Waals surface area contributed by atoms with E-state index in [9.17, 15) is 0 Å². The Morgan fingerprint density at radius 1 is 1.29 bits per heavy atom. The molecule has 3 unspecified atom stereocenters. The van der Waals surface area contributed by atoms with E-state index in [0.717, 1.165) is 36.4 Å². The fourth-order valence-electron chi connectivity index (χ4n) is 3.76. The molecular weight excluding hydrogens is 264 g/mol. The van der Waals surface area contributed by atoms with E-state index in [-0.39, 0.29) is 6.04 Å². The van der Waals surface area contributed by atoms with E-state index in [0.29, 0.717) is 12.1 Å². The maximum Gasteiger partial charge on any atom is 0.134 e. The first-order chi connectivity index (χ1) is 10.3. The summed E-state index contributed by atoms with van der Waals surface area (Å²) in [6.07, 6.45) is 4.12. The lowest BCUT2D eigenvalue weighted by Crippen LogP contribution is -2.50. The molecule has 0 amide bonds. The Labute approximate surface area is 124 Å². The minimum absolute atomic E-state index is 0.0725. The largest absolute Gasteiger partial charge is 0.459 e. The average Bonchev–Trinajstić information content (AvgIpc) is 3.14. The molecule has 2 fully saturated rings. The molecule has 1 saturated heterocycles. The van der Waals surface area contributed by atoms with Gasteiger partial charge in [-0.2, -0.15) is 0 Å². The minimum atomic E-state index is -0.0725. The highest BCUT2D eigenvalue weighted by atomic mass is 16.5. The van der Waals surface area contributed by atoms with Gasteiger partial charge in [0.25, 0.3) is 0 Å². The average molecular weight is 286 g/mol. The summed E-state index contributed by atoms with van der Waals surface area (Å²) in [4.78, 5) is 2.50. The maximum atomic E-state index is 6.40. The number of hydrogen-bond acceptors (Lipinski definition) is 4.